The number of aromatic nitrogens is 1. The van der Waals surface area contributed by atoms with E-state index in [2.05, 4.69) is 10.3 Å². The Labute approximate surface area is 156 Å². The molecule has 26 heavy (non-hydrogen) atoms. The number of aryl methyl sites for hydroxylation is 1. The third kappa shape index (κ3) is 12.7. The highest BCUT2D eigenvalue weighted by atomic mass is 16.5. The molecule has 1 atom stereocenters. The van der Waals surface area contributed by atoms with Crippen LogP contribution in [-0.4, -0.2) is 43.0 Å². The van der Waals surface area contributed by atoms with Crippen molar-refractivity contribution in [3.8, 4) is 5.75 Å². The molecule has 1 aromatic carbocycles. The Kier molecular flexibility index (Phi) is 18.3. The van der Waals surface area contributed by atoms with Crippen molar-refractivity contribution in [2.24, 2.45) is 0 Å². The Balaban J connectivity index is 0. The summed E-state index contributed by atoms with van der Waals surface area (Å²) in [6, 6.07) is 12.8. The summed E-state index contributed by atoms with van der Waals surface area (Å²) in [7, 11) is 2.59. The molecule has 1 heterocycles. The number of hydrogen-bond donors (Lipinski definition) is 2. The molecule has 6 heteroatoms. The predicted octanol–water partition coefficient (Wildman–Crippen LogP) is 2.58. The van der Waals surface area contributed by atoms with Gasteiger partial charge in [-0.05, 0) is 43.2 Å². The van der Waals surface area contributed by atoms with E-state index in [-0.39, 0.29) is 0 Å². The summed E-state index contributed by atoms with van der Waals surface area (Å²) in [4.78, 5) is 24.7. The molecule has 2 N–H and O–H groups in total. The van der Waals surface area contributed by atoms with Crippen LogP contribution in [0.15, 0.2) is 48.7 Å². The topological polar surface area (TPSA) is 88.5 Å². The molecule has 1 amide bonds. The van der Waals surface area contributed by atoms with Crippen LogP contribution in [0, 0.1) is 6.92 Å². The van der Waals surface area contributed by atoms with Gasteiger partial charge >= 0.3 is 0 Å². The minimum atomic E-state index is -0.462. The number of nitrogens with one attached hydrogen (secondary N) is 1. The average Bonchev–Trinajstić information content (AvgIpc) is 2.72. The standard InChI is InChI=1S/C11H13NO3.C6H7N.C2H6.CH4O/c1-15-11-4-2-9(3-5-11)6-10(7-13)12-8-14;1-6-4-2-3-5-7-6;2*1-2/h2-5,7-8,10H,6H2,1H3,(H,12,14);2-5H,1H3;1-2H3;2H,1H3/t10-;;;/m0.../s1. The van der Waals surface area contributed by atoms with E-state index in [0.717, 1.165) is 30.4 Å². The Bertz CT molecular complexity index is 560. The van der Waals surface area contributed by atoms with Gasteiger partial charge in [-0.25, -0.2) is 0 Å². The molecule has 1 aromatic heterocycles. The molecule has 2 rings (SSSR count). The van der Waals surface area contributed by atoms with Gasteiger partial charge in [0.15, 0.2) is 0 Å². The number of carbonyl (C=O) groups excluding carboxylic acids is 2. The molecule has 2 aromatic rings. The maximum atomic E-state index is 10.6. The maximum Gasteiger partial charge on any atom is 0.207 e. The van der Waals surface area contributed by atoms with Crippen molar-refractivity contribution in [2.45, 2.75) is 33.2 Å². The first kappa shape index (κ1) is 25.5. The van der Waals surface area contributed by atoms with Crippen LogP contribution in [0.3, 0.4) is 0 Å². The Morgan fingerprint density at radius 2 is 1.73 bits per heavy atom. The van der Waals surface area contributed by atoms with Gasteiger partial charge in [-0.1, -0.05) is 32.0 Å². The maximum absolute atomic E-state index is 10.6. The zero-order valence-corrected chi connectivity index (χ0v) is 16.2. The number of aliphatic hydroxyl groups is 1. The van der Waals surface area contributed by atoms with Crippen LogP contribution in [0.1, 0.15) is 25.1 Å². The zero-order valence-electron chi connectivity index (χ0n) is 16.2. The Hall–Kier alpha value is -2.73. The summed E-state index contributed by atoms with van der Waals surface area (Å²) < 4.78 is 5.01. The van der Waals surface area contributed by atoms with Crippen LogP contribution in [0.25, 0.3) is 0 Å². The number of methoxy groups -OCH3 is 1. The summed E-state index contributed by atoms with van der Waals surface area (Å²) in [6.07, 6.45) is 3.53. The SMILES string of the molecule is CC.CO.COc1ccc(C[C@@H](C=O)NC=O)cc1.Cc1ccccn1. The lowest BCUT2D eigenvalue weighted by Crippen LogP contribution is -2.31. The number of amides is 1. The molecule has 0 aliphatic rings. The smallest absolute Gasteiger partial charge is 0.207 e. The lowest BCUT2D eigenvalue weighted by molar-refractivity contribution is -0.115. The molecular formula is C20H30N2O4. The van der Waals surface area contributed by atoms with Crippen LogP contribution in [0.2, 0.25) is 0 Å². The van der Waals surface area contributed by atoms with Crippen molar-refractivity contribution in [1.82, 2.24) is 10.3 Å². The molecule has 144 valence electrons. The highest BCUT2D eigenvalue weighted by Crippen LogP contribution is 2.12. The van der Waals surface area contributed by atoms with Crippen molar-refractivity contribution >= 4 is 12.7 Å². The fourth-order valence-electron chi connectivity index (χ4n) is 1.70. The largest absolute Gasteiger partial charge is 0.497 e. The van der Waals surface area contributed by atoms with Crippen molar-refractivity contribution in [3.63, 3.8) is 0 Å². The minimum Gasteiger partial charge on any atom is -0.497 e. The number of carbonyl (C=O) groups is 2. The van der Waals surface area contributed by atoms with Gasteiger partial charge in [0.05, 0.1) is 13.2 Å². The summed E-state index contributed by atoms with van der Waals surface area (Å²) in [6.45, 7) is 5.97. The number of pyridine rings is 1. The molecule has 0 saturated heterocycles. The first-order chi connectivity index (χ1) is 12.7. The lowest BCUT2D eigenvalue weighted by Gasteiger charge is -2.09. The van der Waals surface area contributed by atoms with E-state index in [1.807, 2.05) is 63.2 Å². The van der Waals surface area contributed by atoms with Gasteiger partial charge in [-0.15, -0.1) is 0 Å². The van der Waals surface area contributed by atoms with Crippen LogP contribution in [-0.2, 0) is 16.0 Å². The van der Waals surface area contributed by atoms with Crippen LogP contribution in [0.5, 0.6) is 5.75 Å². The van der Waals surface area contributed by atoms with E-state index in [0.29, 0.717) is 12.8 Å². The van der Waals surface area contributed by atoms with Gasteiger partial charge in [-0.2, -0.15) is 0 Å². The summed E-state index contributed by atoms with van der Waals surface area (Å²) in [5, 5.41) is 9.43. The third-order valence-corrected chi connectivity index (χ3v) is 2.87. The van der Waals surface area contributed by atoms with Gasteiger partial charge in [0, 0.05) is 19.0 Å². The van der Waals surface area contributed by atoms with E-state index in [9.17, 15) is 9.59 Å². The lowest BCUT2D eigenvalue weighted by atomic mass is 10.1. The molecular weight excluding hydrogens is 332 g/mol. The molecule has 0 radical (unpaired) electrons. The van der Waals surface area contributed by atoms with Crippen LogP contribution in [0.4, 0.5) is 0 Å². The summed E-state index contributed by atoms with van der Waals surface area (Å²) in [5.41, 5.74) is 2.05. The number of ether oxygens (including phenoxy) is 1. The van der Waals surface area contributed by atoms with Crippen molar-refractivity contribution in [1.29, 1.82) is 0 Å². The van der Waals surface area contributed by atoms with Gasteiger partial charge in [0.25, 0.3) is 0 Å². The molecule has 0 saturated carbocycles. The second kappa shape index (κ2) is 18.6. The fraction of sp³-hybridized carbons (Fsp3) is 0.350. The monoisotopic (exact) mass is 362 g/mol. The second-order valence-electron chi connectivity index (χ2n) is 4.55. The van der Waals surface area contributed by atoms with Crippen LogP contribution >= 0.6 is 0 Å². The van der Waals surface area contributed by atoms with E-state index in [1.165, 1.54) is 0 Å². The second-order valence-corrected chi connectivity index (χ2v) is 4.55. The molecule has 0 aliphatic heterocycles. The quantitative estimate of drug-likeness (QED) is 0.771. The predicted molar refractivity (Wildman–Crippen MR) is 104 cm³/mol. The number of aldehydes is 1. The molecule has 0 unspecified atom stereocenters. The van der Waals surface area contributed by atoms with Crippen molar-refractivity contribution < 1.29 is 19.4 Å². The number of aliphatic hydroxyl groups excluding tert-OH is 1. The molecule has 0 bridgehead atoms. The van der Waals surface area contributed by atoms with Crippen molar-refractivity contribution in [3.05, 3.63) is 59.9 Å². The first-order valence-electron chi connectivity index (χ1n) is 8.30. The fourth-order valence-corrected chi connectivity index (χ4v) is 1.70. The molecule has 0 fully saturated rings. The highest BCUT2D eigenvalue weighted by molar-refractivity contribution is 5.64. The van der Waals surface area contributed by atoms with Crippen LogP contribution < -0.4 is 10.1 Å². The number of rotatable bonds is 6. The van der Waals surface area contributed by atoms with Gasteiger partial charge in [0.2, 0.25) is 6.41 Å². The summed E-state index contributed by atoms with van der Waals surface area (Å²) in [5.74, 6) is 0.768. The first-order valence-corrected chi connectivity index (χ1v) is 8.30. The average molecular weight is 362 g/mol. The zero-order chi connectivity index (χ0) is 20.2. The van der Waals surface area contributed by atoms with Crippen molar-refractivity contribution in [2.75, 3.05) is 14.2 Å². The number of hydrogen-bond acceptors (Lipinski definition) is 5. The Morgan fingerprint density at radius 3 is 2.08 bits per heavy atom. The number of benzene rings is 1. The van der Waals surface area contributed by atoms with E-state index >= 15 is 0 Å². The molecule has 6 nitrogen and oxygen atoms in total. The van der Waals surface area contributed by atoms with E-state index in [4.69, 9.17) is 9.84 Å². The van der Waals surface area contributed by atoms with Gasteiger partial charge in [-0.3, -0.25) is 9.78 Å². The van der Waals surface area contributed by atoms with E-state index in [1.54, 1.807) is 13.3 Å². The highest BCUT2D eigenvalue weighted by Gasteiger charge is 2.06. The third-order valence-electron chi connectivity index (χ3n) is 2.87. The normalized spacial score (nSPS) is 9.46. The van der Waals surface area contributed by atoms with Gasteiger partial charge < -0.3 is 20.0 Å². The molecule has 0 aliphatic carbocycles. The minimum absolute atomic E-state index is 0.462. The Morgan fingerprint density at radius 1 is 1.12 bits per heavy atom. The van der Waals surface area contributed by atoms with Gasteiger partial charge in [0.1, 0.15) is 12.0 Å². The molecule has 0 spiro atoms. The summed E-state index contributed by atoms with van der Waals surface area (Å²) >= 11 is 0. The number of nitrogens with zero attached hydrogens (tertiary/aromatic N) is 1. The van der Waals surface area contributed by atoms with E-state index < -0.39 is 6.04 Å².